The minimum atomic E-state index is -0.652. The van der Waals surface area contributed by atoms with Gasteiger partial charge in [-0.1, -0.05) is 151 Å². The van der Waals surface area contributed by atoms with Crippen molar-refractivity contribution in [1.29, 1.82) is 0 Å². The van der Waals surface area contributed by atoms with Crippen molar-refractivity contribution in [2.24, 2.45) is 0 Å². The molecule has 0 aliphatic rings. The van der Waals surface area contributed by atoms with Crippen molar-refractivity contribution in [1.82, 2.24) is 0 Å². The second-order valence-electron chi connectivity index (χ2n) is 11.6. The number of fused-ring (bicyclic) bond motifs is 7. The Morgan fingerprint density at radius 2 is 1.06 bits per heavy atom. The summed E-state index contributed by atoms with van der Waals surface area (Å²) in [4.78, 5) is 0. The maximum atomic E-state index is 9.44. The minimum Gasteiger partial charge on any atom is -0.456 e. The number of para-hydroxylation sites is 1. The van der Waals surface area contributed by atoms with Crippen LogP contribution in [-0.2, 0) is 6.42 Å². The first-order valence-electron chi connectivity index (χ1n) is 22.9. The summed E-state index contributed by atoms with van der Waals surface area (Å²) >= 11 is 0. The van der Waals surface area contributed by atoms with Crippen LogP contribution in [0.2, 0.25) is 0 Å². The van der Waals surface area contributed by atoms with Crippen LogP contribution in [0.4, 0.5) is 0 Å². The lowest BCUT2D eigenvalue weighted by atomic mass is 9.84. The zero-order valence-corrected chi connectivity index (χ0v) is 25.1. The number of furan rings is 1. The number of rotatable bonds is 4. The topological polar surface area (TPSA) is 13.1 Å². The second kappa shape index (κ2) is 10.7. The van der Waals surface area contributed by atoms with Crippen LogP contribution in [0.5, 0.6) is 0 Å². The highest BCUT2D eigenvalue weighted by atomic mass is 16.3. The molecule has 0 saturated carbocycles. The predicted molar refractivity (Wildman–Crippen MR) is 204 cm³/mol. The molecule has 0 amide bonds. The van der Waals surface area contributed by atoms with Gasteiger partial charge < -0.3 is 4.42 Å². The van der Waals surface area contributed by atoms with Crippen LogP contribution in [0.25, 0.3) is 87.3 Å². The maximum absolute atomic E-state index is 9.44. The molecule has 9 aromatic carbocycles. The summed E-state index contributed by atoms with van der Waals surface area (Å²) in [7, 11) is 0. The quantitative estimate of drug-likeness (QED) is 0.177. The number of hydrogen-bond acceptors (Lipinski definition) is 1. The van der Waals surface area contributed by atoms with Crippen LogP contribution in [0, 0.1) is 0 Å². The summed E-state index contributed by atoms with van der Waals surface area (Å²) in [6.45, 7) is 0. The largest absolute Gasteiger partial charge is 0.456 e. The molecule has 224 valence electrons. The van der Waals surface area contributed by atoms with E-state index in [2.05, 4.69) is 0 Å². The van der Waals surface area contributed by atoms with Gasteiger partial charge in [0.2, 0.25) is 0 Å². The molecular weight excluding hydrogens is 581 g/mol. The van der Waals surface area contributed by atoms with Gasteiger partial charge in [-0.25, -0.2) is 0 Å². The van der Waals surface area contributed by atoms with Gasteiger partial charge in [0.05, 0.1) is 20.6 Å². The van der Waals surface area contributed by atoms with Gasteiger partial charge in [-0.3, -0.25) is 0 Å². The van der Waals surface area contributed by atoms with E-state index in [1.54, 1.807) is 12.1 Å². The zero-order chi connectivity index (χ0) is 44.7. The molecule has 0 spiro atoms. The Labute approximate surface area is 299 Å². The van der Waals surface area contributed by atoms with Gasteiger partial charge in [0.15, 0.2) is 0 Å². The molecule has 1 nitrogen and oxygen atoms in total. The van der Waals surface area contributed by atoms with Crippen molar-refractivity contribution in [3.05, 3.63) is 181 Å². The van der Waals surface area contributed by atoms with E-state index in [0.29, 0.717) is 16.5 Å². The van der Waals surface area contributed by atoms with E-state index in [0.717, 1.165) is 32.9 Å². The Morgan fingerprint density at radius 3 is 1.83 bits per heavy atom. The molecule has 10 rings (SSSR count). The third kappa shape index (κ3) is 4.18. The number of benzene rings is 9. The molecule has 0 aliphatic heterocycles. The van der Waals surface area contributed by atoms with Crippen molar-refractivity contribution < 1.29 is 25.0 Å². The Kier molecular flexibility index (Phi) is 3.58. The molecule has 1 heterocycles. The summed E-state index contributed by atoms with van der Waals surface area (Å²) in [5.41, 5.74) is 3.28. The Morgan fingerprint density at radius 1 is 0.458 bits per heavy atom. The van der Waals surface area contributed by atoms with Crippen LogP contribution in [0.1, 0.15) is 31.7 Å². The number of hydrogen-bond donors (Lipinski definition) is 0. The van der Waals surface area contributed by atoms with Gasteiger partial charge in [0, 0.05) is 10.8 Å². The van der Waals surface area contributed by atoms with Gasteiger partial charge in [-0.2, -0.15) is 0 Å². The molecule has 0 aliphatic carbocycles. The highest BCUT2D eigenvalue weighted by Crippen LogP contribution is 2.44. The van der Waals surface area contributed by atoms with Crippen molar-refractivity contribution in [3.8, 4) is 22.3 Å². The Hall–Kier alpha value is -6.18. The Balaban J connectivity index is 1.34. The van der Waals surface area contributed by atoms with E-state index in [1.165, 1.54) is 0 Å². The molecule has 1 heteroatoms. The normalized spacial score (nSPS) is 16.2. The summed E-state index contributed by atoms with van der Waals surface area (Å²) in [6.07, 6.45) is -0.566. The average molecular weight is 626 g/mol. The first kappa shape index (κ1) is 16.1. The lowest BCUT2D eigenvalue weighted by molar-refractivity contribution is 0.669. The van der Waals surface area contributed by atoms with Crippen LogP contribution < -0.4 is 0 Å². The standard InChI is InChI=1S/C47H30O/c1-2-12-32-27-30(21-22-31(32)11-1)28-44-37-15-5-7-18-41(37)47(42-19-8-6-16-38(42)44)43-26-25-34(35-13-3-4-14-36(35)43)33-23-24-40-39-17-9-10-20-45(39)48-46(40)29-33/h1-27,29H,28H2/i1D,2D,5D,6D,7D,8D,11D,12D,15D,16D,18D,19D,21D,22D,27D. The fourth-order valence-corrected chi connectivity index (χ4v) is 6.90. The second-order valence-corrected chi connectivity index (χ2v) is 11.6. The van der Waals surface area contributed by atoms with E-state index in [9.17, 15) is 6.85 Å². The fraction of sp³-hybridized carbons (Fsp3) is 0.0213. The fourth-order valence-electron chi connectivity index (χ4n) is 6.90. The van der Waals surface area contributed by atoms with Gasteiger partial charge in [-0.05, 0) is 101 Å². The van der Waals surface area contributed by atoms with Crippen molar-refractivity contribution >= 4 is 65.0 Å². The summed E-state index contributed by atoms with van der Waals surface area (Å²) in [5, 5.41) is 2.22. The van der Waals surface area contributed by atoms with Crippen molar-refractivity contribution in [2.75, 3.05) is 0 Å². The summed E-state index contributed by atoms with van der Waals surface area (Å²) < 4.78 is 140. The third-order valence-electron chi connectivity index (χ3n) is 9.02. The van der Waals surface area contributed by atoms with E-state index < -0.39 is 97.1 Å². The van der Waals surface area contributed by atoms with Crippen molar-refractivity contribution in [2.45, 2.75) is 6.42 Å². The van der Waals surface area contributed by atoms with Crippen LogP contribution >= 0.6 is 0 Å². The van der Waals surface area contributed by atoms with Gasteiger partial charge in [0.25, 0.3) is 0 Å². The van der Waals surface area contributed by atoms with E-state index in [4.69, 9.17) is 18.1 Å². The first-order chi connectivity index (χ1) is 30.0. The van der Waals surface area contributed by atoms with Gasteiger partial charge >= 0.3 is 0 Å². The minimum absolute atomic E-state index is 0.0654. The van der Waals surface area contributed by atoms with Crippen LogP contribution in [0.15, 0.2) is 174 Å². The van der Waals surface area contributed by atoms with E-state index in [-0.39, 0.29) is 49.0 Å². The van der Waals surface area contributed by atoms with Crippen LogP contribution in [-0.4, -0.2) is 0 Å². The highest BCUT2D eigenvalue weighted by molar-refractivity contribution is 6.20. The third-order valence-corrected chi connectivity index (χ3v) is 9.02. The molecule has 0 radical (unpaired) electrons. The van der Waals surface area contributed by atoms with Gasteiger partial charge in [-0.15, -0.1) is 0 Å². The molecule has 0 bridgehead atoms. The molecule has 10 aromatic rings. The summed E-state index contributed by atoms with van der Waals surface area (Å²) in [6, 6.07) is 16.0. The molecule has 48 heavy (non-hydrogen) atoms. The van der Waals surface area contributed by atoms with Crippen LogP contribution in [0.3, 0.4) is 0 Å². The SMILES string of the molecule is [2H]c1c([2H])c([2H])c2c([2H])c(Cc3c4c([2H])c([2H])c([2H])c([2H])c4c(-c4ccc(-c5ccc6c(c5)oc5ccccc56)c5ccccc45)c4c([2H])c([2H])c([2H])c([2H])c34)c([2H])c([2H])c2c1[2H]. The molecule has 0 fully saturated rings. The summed E-state index contributed by atoms with van der Waals surface area (Å²) in [5.74, 6) is 0. The lowest BCUT2D eigenvalue weighted by Crippen LogP contribution is -1.96. The molecule has 0 unspecified atom stereocenters. The monoisotopic (exact) mass is 625 g/mol. The highest BCUT2D eigenvalue weighted by Gasteiger charge is 2.19. The average Bonchev–Trinajstić information content (AvgIpc) is 3.66. The zero-order valence-electron chi connectivity index (χ0n) is 40.1. The molecule has 0 atom stereocenters. The van der Waals surface area contributed by atoms with Gasteiger partial charge in [0.1, 0.15) is 11.2 Å². The predicted octanol–water partition coefficient (Wildman–Crippen LogP) is 13.1. The van der Waals surface area contributed by atoms with E-state index >= 15 is 0 Å². The lowest BCUT2D eigenvalue weighted by Gasteiger charge is -2.19. The van der Waals surface area contributed by atoms with E-state index in [1.807, 2.05) is 66.7 Å². The molecular formula is C47H30O. The van der Waals surface area contributed by atoms with Crippen molar-refractivity contribution in [3.63, 3.8) is 0 Å². The first-order valence-corrected chi connectivity index (χ1v) is 15.4. The molecule has 1 aromatic heterocycles. The maximum Gasteiger partial charge on any atom is 0.136 e. The molecule has 0 saturated heterocycles. The Bertz CT molecular complexity index is 3640. The molecule has 0 N–H and O–H groups in total. The smallest absolute Gasteiger partial charge is 0.136 e.